The highest BCUT2D eigenvalue weighted by atomic mass is 35.5. The van der Waals surface area contributed by atoms with Crippen LogP contribution in [0.4, 0.5) is 31.5 Å². The molecule has 0 saturated carbocycles. The van der Waals surface area contributed by atoms with Gasteiger partial charge in [0, 0.05) is 116 Å². The molecule has 4 aliphatic heterocycles. The smallest absolute Gasteiger partial charge is 0.254 e. The van der Waals surface area contributed by atoms with Crippen LogP contribution in [0.2, 0.25) is 35.2 Å². The number of carbonyl (C=O) groups is 1. The first kappa shape index (κ1) is 82.7. The van der Waals surface area contributed by atoms with E-state index >= 15 is 0 Å². The molecule has 9 aromatic carbocycles. The van der Waals surface area contributed by atoms with E-state index in [1.54, 1.807) is 11.2 Å². The van der Waals surface area contributed by atoms with Crippen LogP contribution in [0.15, 0.2) is 217 Å². The summed E-state index contributed by atoms with van der Waals surface area (Å²) >= 11 is 44.2. The minimum Gasteiger partial charge on any atom is -0.468 e. The first-order valence-corrected chi connectivity index (χ1v) is 40.5. The van der Waals surface area contributed by atoms with Gasteiger partial charge in [0.15, 0.2) is 11.6 Å². The molecule has 5 heterocycles. The Balaban J connectivity index is 0.000000145. The van der Waals surface area contributed by atoms with E-state index < -0.39 is 11.6 Å². The van der Waals surface area contributed by atoms with E-state index in [-0.39, 0.29) is 35.6 Å². The Labute approximate surface area is 679 Å². The molecule has 109 heavy (non-hydrogen) atoms. The molecule has 574 valence electrons. The number of amides is 1. The van der Waals surface area contributed by atoms with Gasteiger partial charge in [0.2, 0.25) is 0 Å². The summed E-state index contributed by atoms with van der Waals surface area (Å²) < 4.78 is 32.4. The number of benzene rings is 9. The van der Waals surface area contributed by atoms with Crippen molar-refractivity contribution < 1.29 is 18.0 Å². The molecule has 0 bridgehead atoms. The van der Waals surface area contributed by atoms with Gasteiger partial charge in [-0.25, -0.2) is 8.78 Å². The van der Waals surface area contributed by atoms with Crippen LogP contribution in [0, 0.1) is 51.2 Å². The Morgan fingerprint density at radius 2 is 0.835 bits per heavy atom. The second kappa shape index (κ2) is 39.2. The Hall–Kier alpha value is -7.30. The lowest BCUT2D eigenvalue weighted by molar-refractivity contribution is 0.0721. The van der Waals surface area contributed by atoms with Gasteiger partial charge in [-0.3, -0.25) is 19.5 Å². The number of hydrogen-bond acceptors (Lipinski definition) is 9. The van der Waals surface area contributed by atoms with Gasteiger partial charge in [0.25, 0.3) is 5.91 Å². The molecule has 5 unspecified atom stereocenters. The third-order valence-electron chi connectivity index (χ3n) is 21.1. The van der Waals surface area contributed by atoms with Crippen molar-refractivity contribution in [2.45, 2.75) is 98.9 Å². The molecule has 1 aromatic heterocycles. The summed E-state index contributed by atoms with van der Waals surface area (Å²) in [6, 6.07) is 67.4. The Kier molecular flexibility index (Phi) is 29.8. The second-order valence-electron chi connectivity index (χ2n) is 29.7. The maximum atomic E-state index is 13.6. The fourth-order valence-corrected chi connectivity index (χ4v) is 16.3. The second-order valence-corrected chi connectivity index (χ2v) is 32.7. The number of rotatable bonds is 17. The SMILES string of the molecule is CCC(C)CN1CCN(c2ccc(C)cc2Cl)C(c2ccc(Cl)cc2)C1.Cc1ccc(N2CCN(C(=O)c3ccc(F)c(F)c3)CC2c2ccc(Cl)cc2)cc1.Cc1ccc(N2CCN(CCC(C)C)CC2c2ccc(Cl)cc2)c(Cl)c1.Cc1ccc(N2CCN(Cc3ccco3)CC2c2ccc(Cl)cc2)c(Cl)c1. The molecule has 10 nitrogen and oxygen atoms in total. The highest BCUT2D eigenvalue weighted by molar-refractivity contribution is 6.34. The third-order valence-corrected chi connectivity index (χ3v) is 23.0. The van der Waals surface area contributed by atoms with E-state index in [2.05, 4.69) is 192 Å². The van der Waals surface area contributed by atoms with Crippen LogP contribution < -0.4 is 19.6 Å². The molecular weight excluding hydrogens is 1510 g/mol. The number of halogens is 9. The molecule has 0 aliphatic carbocycles. The molecule has 0 N–H and O–H groups in total. The number of aryl methyl sites for hydroxylation is 4. The van der Waals surface area contributed by atoms with Gasteiger partial charge in [-0.15, -0.1) is 0 Å². The van der Waals surface area contributed by atoms with Gasteiger partial charge in [-0.1, -0.05) is 200 Å². The number of nitrogens with zero attached hydrogens (tertiary/aromatic N) is 8. The molecule has 10 aromatic rings. The molecule has 1 amide bonds. The Morgan fingerprint density at radius 3 is 1.25 bits per heavy atom. The van der Waals surface area contributed by atoms with Gasteiger partial charge >= 0.3 is 0 Å². The van der Waals surface area contributed by atoms with Gasteiger partial charge in [-0.2, -0.15) is 0 Å². The van der Waals surface area contributed by atoms with Crippen molar-refractivity contribution >= 4 is 110 Å². The van der Waals surface area contributed by atoms with E-state index in [0.717, 1.165) is 167 Å². The minimum absolute atomic E-state index is 0.0898. The average Bonchev–Trinajstić information content (AvgIpc) is 0.875. The lowest BCUT2D eigenvalue weighted by Gasteiger charge is -2.44. The van der Waals surface area contributed by atoms with Crippen LogP contribution in [-0.2, 0) is 6.54 Å². The fourth-order valence-electron chi connectivity index (χ4n) is 14.8. The van der Waals surface area contributed by atoms with E-state index in [0.29, 0.717) is 24.7 Å². The fraction of sp³-hybridized carbons (Fsp3) is 0.344. The third kappa shape index (κ3) is 22.5. The van der Waals surface area contributed by atoms with Crippen LogP contribution in [0.25, 0.3) is 0 Å². The molecule has 4 fully saturated rings. The van der Waals surface area contributed by atoms with Crippen molar-refractivity contribution in [3.8, 4) is 0 Å². The molecule has 19 heteroatoms. The summed E-state index contributed by atoms with van der Waals surface area (Å²) in [5, 5.41) is 5.42. The summed E-state index contributed by atoms with van der Waals surface area (Å²) in [6.45, 7) is 30.9. The maximum absolute atomic E-state index is 13.6. The normalized spacial score (nSPS) is 18.1. The molecule has 4 saturated heterocycles. The van der Waals surface area contributed by atoms with Crippen molar-refractivity contribution in [2.24, 2.45) is 11.8 Å². The number of anilines is 4. The Bertz CT molecular complexity index is 4560. The summed E-state index contributed by atoms with van der Waals surface area (Å²) in [5.41, 5.74) is 14.1. The molecule has 4 aliphatic rings. The summed E-state index contributed by atoms with van der Waals surface area (Å²) in [6.07, 6.45) is 4.18. The quantitative estimate of drug-likeness (QED) is 0.0887. The van der Waals surface area contributed by atoms with Crippen LogP contribution >= 0.6 is 81.2 Å². The monoisotopic (exact) mass is 1610 g/mol. The average molecular weight is 1610 g/mol. The predicted octanol–water partition coefficient (Wildman–Crippen LogP) is 24.0. The number of carbonyl (C=O) groups excluding carboxylic acids is 1. The van der Waals surface area contributed by atoms with Gasteiger partial charge < -0.3 is 28.9 Å². The van der Waals surface area contributed by atoms with Crippen LogP contribution in [0.1, 0.15) is 125 Å². The van der Waals surface area contributed by atoms with E-state index in [1.165, 1.54) is 57.9 Å². The van der Waals surface area contributed by atoms with Crippen molar-refractivity contribution in [1.82, 2.24) is 19.6 Å². The van der Waals surface area contributed by atoms with Crippen LogP contribution in [0.3, 0.4) is 0 Å². The summed E-state index contributed by atoms with van der Waals surface area (Å²) in [4.78, 5) is 31.8. The minimum atomic E-state index is -1.02. The summed E-state index contributed by atoms with van der Waals surface area (Å²) in [7, 11) is 0. The van der Waals surface area contributed by atoms with Crippen molar-refractivity contribution in [3.05, 3.63) is 315 Å². The standard InChI is InChI=1S/C24H21ClF2N2O.C22H22Cl2N2O.2C22H28Cl2N2/c1-16-2-9-20(10-3-16)29-13-12-28(15-23(29)17-4-7-19(25)8-5-17)24(30)18-6-11-21(26)22(27)14-18;1-16-4-9-21(20(24)13-16)26-11-10-25(14-19-3-2-12-27-19)15-22(26)17-5-7-18(23)8-6-17;1-16(2)10-11-25-12-13-26(21-9-4-17(3)14-20(21)24)22(15-25)18-5-7-19(23)8-6-18;1-4-16(2)14-25-11-12-26(21-10-5-17(3)13-20(21)24)22(15-25)18-6-8-19(23)9-7-18/h2-11,14,23H,12-13,15H2,1H3;2-9,12-13,22H,10-11,14-15H2,1H3;4-9,14,16,22H,10-13,15H2,1-3H3;5-10,13,16,22H,4,11-12,14-15H2,1-3H3. The van der Waals surface area contributed by atoms with Gasteiger partial charge in [0.05, 0.1) is 69.1 Å². The van der Waals surface area contributed by atoms with Crippen molar-refractivity contribution in [3.63, 3.8) is 0 Å². The van der Waals surface area contributed by atoms with Crippen LogP contribution in [-0.4, -0.2) is 117 Å². The predicted molar refractivity (Wildman–Crippen MR) is 454 cm³/mol. The highest BCUT2D eigenvalue weighted by Crippen LogP contribution is 2.41. The molecule has 0 spiro atoms. The number of piperazine rings is 4. The first-order valence-electron chi connectivity index (χ1n) is 37.8. The van der Waals surface area contributed by atoms with E-state index in [9.17, 15) is 13.6 Å². The zero-order valence-electron chi connectivity index (χ0n) is 63.5. The van der Waals surface area contributed by atoms with Crippen molar-refractivity contribution in [1.29, 1.82) is 0 Å². The zero-order valence-corrected chi connectivity index (χ0v) is 68.8. The van der Waals surface area contributed by atoms with E-state index in [4.69, 9.17) is 85.6 Å². The topological polar surface area (TPSA) is 56.1 Å². The number of furan rings is 1. The number of hydrogen-bond donors (Lipinski definition) is 0. The largest absolute Gasteiger partial charge is 0.468 e. The molecule has 0 radical (unpaired) electrons. The summed E-state index contributed by atoms with van der Waals surface area (Å²) in [5.74, 6) is 0.148. The van der Waals surface area contributed by atoms with Gasteiger partial charge in [-0.05, 0) is 219 Å². The molecule has 14 rings (SSSR count). The lowest BCUT2D eigenvalue weighted by atomic mass is 9.99. The molecule has 5 atom stereocenters. The Morgan fingerprint density at radius 1 is 0.431 bits per heavy atom. The van der Waals surface area contributed by atoms with E-state index in [1.807, 2.05) is 85.8 Å². The maximum Gasteiger partial charge on any atom is 0.254 e. The first-order chi connectivity index (χ1) is 52.4. The zero-order chi connectivity index (χ0) is 77.4. The van der Waals surface area contributed by atoms with Gasteiger partial charge in [0.1, 0.15) is 5.76 Å². The van der Waals surface area contributed by atoms with Crippen LogP contribution in [0.5, 0.6) is 0 Å². The van der Waals surface area contributed by atoms with Crippen molar-refractivity contribution in [2.75, 3.05) is 111 Å². The molecular formula is C90H99Cl7F2N8O2. The lowest BCUT2D eigenvalue weighted by Crippen LogP contribution is -2.50. The highest BCUT2D eigenvalue weighted by Gasteiger charge is 2.35.